The molecule has 4 heteroatoms. The lowest BCUT2D eigenvalue weighted by molar-refractivity contribution is -0.137. The van der Waals surface area contributed by atoms with E-state index >= 15 is 0 Å². The van der Waals surface area contributed by atoms with E-state index in [1.807, 2.05) is 18.2 Å². The van der Waals surface area contributed by atoms with Crippen molar-refractivity contribution in [3.8, 4) is 0 Å². The van der Waals surface area contributed by atoms with Crippen LogP contribution < -0.4 is 0 Å². The number of hydrogen-bond acceptors (Lipinski definition) is 4. The second kappa shape index (κ2) is 4.53. The fraction of sp³-hybridized carbons (Fsp3) is 0.167. The molecule has 0 radical (unpaired) electrons. The van der Waals surface area contributed by atoms with E-state index in [0.29, 0.717) is 5.56 Å². The zero-order chi connectivity index (χ0) is 11.5. The number of carbonyl (C=O) groups excluding carboxylic acids is 2. The Morgan fingerprint density at radius 1 is 1.50 bits per heavy atom. The average molecular weight is 234 g/mol. The Labute approximate surface area is 97.5 Å². The van der Waals surface area contributed by atoms with Crippen molar-refractivity contribution in [3.63, 3.8) is 0 Å². The van der Waals surface area contributed by atoms with Crippen LogP contribution in [0.4, 0.5) is 0 Å². The van der Waals surface area contributed by atoms with E-state index in [2.05, 4.69) is 6.58 Å². The highest BCUT2D eigenvalue weighted by molar-refractivity contribution is 8.00. The Morgan fingerprint density at radius 3 is 3.00 bits per heavy atom. The molecule has 0 aliphatic carbocycles. The summed E-state index contributed by atoms with van der Waals surface area (Å²) < 4.78 is 4.70. The first-order valence-corrected chi connectivity index (χ1v) is 5.70. The summed E-state index contributed by atoms with van der Waals surface area (Å²) >= 11 is 1.37. The van der Waals surface area contributed by atoms with Crippen LogP contribution in [0, 0.1) is 0 Å². The van der Waals surface area contributed by atoms with E-state index in [9.17, 15) is 9.59 Å². The van der Waals surface area contributed by atoms with Gasteiger partial charge in [0.15, 0.2) is 5.78 Å². The van der Waals surface area contributed by atoms with Crippen LogP contribution >= 0.6 is 11.8 Å². The summed E-state index contributed by atoms with van der Waals surface area (Å²) in [6.45, 7) is 3.32. The second-order valence-electron chi connectivity index (χ2n) is 3.33. The number of esters is 1. The number of hydrogen-bond donors (Lipinski definition) is 0. The highest BCUT2D eigenvalue weighted by atomic mass is 32.2. The summed E-state index contributed by atoms with van der Waals surface area (Å²) in [5, 5.41) is -0.458. The van der Waals surface area contributed by atoms with Crippen molar-refractivity contribution in [1.82, 2.24) is 0 Å². The molecule has 0 aromatic heterocycles. The number of Topliss-reactive ketones (excluding diaryl/α,β-unsaturated/α-hetero) is 1. The van der Waals surface area contributed by atoms with E-state index in [-0.39, 0.29) is 12.2 Å². The maximum atomic E-state index is 11.8. The van der Waals surface area contributed by atoms with Crippen LogP contribution in [0.25, 0.3) is 0 Å². The van der Waals surface area contributed by atoms with Gasteiger partial charge in [0, 0.05) is 16.9 Å². The van der Waals surface area contributed by atoms with Crippen LogP contribution in [-0.4, -0.2) is 17.0 Å². The van der Waals surface area contributed by atoms with Crippen molar-refractivity contribution in [1.29, 1.82) is 0 Å². The third-order valence-corrected chi connectivity index (χ3v) is 3.54. The summed E-state index contributed by atoms with van der Waals surface area (Å²) in [7, 11) is 0. The quantitative estimate of drug-likeness (QED) is 0.582. The molecule has 1 heterocycles. The molecule has 1 aromatic rings. The van der Waals surface area contributed by atoms with Crippen molar-refractivity contribution in [2.24, 2.45) is 0 Å². The molecule has 0 amide bonds. The molecule has 3 nitrogen and oxygen atoms in total. The average Bonchev–Trinajstić information content (AvgIpc) is 2.29. The fourth-order valence-electron chi connectivity index (χ4n) is 1.56. The molecule has 0 saturated carbocycles. The highest BCUT2D eigenvalue weighted by Crippen LogP contribution is 2.35. The van der Waals surface area contributed by atoms with Crippen molar-refractivity contribution in [3.05, 3.63) is 42.7 Å². The molecule has 2 rings (SSSR count). The van der Waals surface area contributed by atoms with Crippen molar-refractivity contribution in [2.45, 2.75) is 16.6 Å². The standard InChI is InChI=1S/C12H10O3S/c1-2-15-12(14)11-7-9(13)8-5-3-4-6-10(8)16-11/h2-6,11H,1,7H2. The number of carbonyl (C=O) groups is 2. The SMILES string of the molecule is C=COC(=O)C1CC(=O)c2ccccc2S1. The van der Waals surface area contributed by atoms with E-state index < -0.39 is 11.2 Å². The van der Waals surface area contributed by atoms with Crippen LogP contribution in [0.5, 0.6) is 0 Å². The van der Waals surface area contributed by atoms with Gasteiger partial charge in [-0.25, -0.2) is 0 Å². The smallest absolute Gasteiger partial charge is 0.324 e. The molecule has 0 fully saturated rings. The van der Waals surface area contributed by atoms with Crippen LogP contribution in [0.1, 0.15) is 16.8 Å². The van der Waals surface area contributed by atoms with Gasteiger partial charge in [-0.1, -0.05) is 24.8 Å². The molecule has 82 valence electrons. The molecule has 16 heavy (non-hydrogen) atoms. The normalized spacial score (nSPS) is 18.8. The highest BCUT2D eigenvalue weighted by Gasteiger charge is 2.31. The molecule has 1 aromatic carbocycles. The molecule has 1 atom stereocenters. The van der Waals surface area contributed by atoms with E-state index in [1.165, 1.54) is 11.8 Å². The lowest BCUT2D eigenvalue weighted by Gasteiger charge is -2.20. The minimum atomic E-state index is -0.458. The number of ketones is 1. The van der Waals surface area contributed by atoms with Crippen LogP contribution in [0.3, 0.4) is 0 Å². The van der Waals surface area contributed by atoms with E-state index in [0.717, 1.165) is 11.2 Å². The van der Waals surface area contributed by atoms with Crippen LogP contribution in [-0.2, 0) is 9.53 Å². The zero-order valence-corrected chi connectivity index (χ0v) is 9.33. The van der Waals surface area contributed by atoms with E-state index in [4.69, 9.17) is 4.74 Å². The van der Waals surface area contributed by atoms with Gasteiger partial charge in [0.2, 0.25) is 0 Å². The molecule has 0 spiro atoms. The summed E-state index contributed by atoms with van der Waals surface area (Å²) in [6.07, 6.45) is 1.28. The summed E-state index contributed by atoms with van der Waals surface area (Å²) in [6, 6.07) is 7.28. The molecule has 0 bridgehead atoms. The number of ether oxygens (including phenoxy) is 1. The maximum absolute atomic E-state index is 11.8. The third-order valence-electron chi connectivity index (χ3n) is 2.29. The van der Waals surface area contributed by atoms with Gasteiger partial charge in [0.25, 0.3) is 0 Å². The van der Waals surface area contributed by atoms with Crippen LogP contribution in [0.15, 0.2) is 42.0 Å². The van der Waals surface area contributed by atoms with Gasteiger partial charge in [-0.2, -0.15) is 0 Å². The van der Waals surface area contributed by atoms with Gasteiger partial charge in [-0.3, -0.25) is 9.59 Å². The molecule has 0 saturated heterocycles. The lowest BCUT2D eigenvalue weighted by atomic mass is 10.1. The van der Waals surface area contributed by atoms with Crippen LogP contribution in [0.2, 0.25) is 0 Å². The predicted molar refractivity (Wildman–Crippen MR) is 61.3 cm³/mol. The number of fused-ring (bicyclic) bond motifs is 1. The Kier molecular flexibility index (Phi) is 3.10. The van der Waals surface area contributed by atoms with Gasteiger partial charge < -0.3 is 4.74 Å². The molecule has 0 N–H and O–H groups in total. The summed E-state index contributed by atoms with van der Waals surface area (Å²) in [4.78, 5) is 24.1. The number of thioether (sulfide) groups is 1. The molecule has 1 aliphatic rings. The Balaban J connectivity index is 2.24. The predicted octanol–water partition coefficient (Wildman–Crippen LogP) is 2.42. The van der Waals surface area contributed by atoms with Gasteiger partial charge >= 0.3 is 5.97 Å². The largest absolute Gasteiger partial charge is 0.434 e. The lowest BCUT2D eigenvalue weighted by Crippen LogP contribution is -2.25. The summed E-state index contributed by atoms with van der Waals surface area (Å²) in [5.74, 6) is -0.428. The maximum Gasteiger partial charge on any atom is 0.324 e. The molecule has 1 unspecified atom stereocenters. The number of rotatable bonds is 2. The Bertz CT molecular complexity index is 453. The topological polar surface area (TPSA) is 43.4 Å². The first-order valence-electron chi connectivity index (χ1n) is 4.82. The Hall–Kier alpha value is -1.55. The van der Waals surface area contributed by atoms with Crippen molar-refractivity contribution >= 4 is 23.5 Å². The van der Waals surface area contributed by atoms with Crippen molar-refractivity contribution in [2.75, 3.05) is 0 Å². The van der Waals surface area contributed by atoms with Gasteiger partial charge in [0.05, 0.1) is 6.26 Å². The number of benzene rings is 1. The first kappa shape index (κ1) is 11.0. The second-order valence-corrected chi connectivity index (χ2v) is 4.58. The minimum absolute atomic E-state index is 0.0136. The Morgan fingerprint density at radius 2 is 2.25 bits per heavy atom. The molecular formula is C12H10O3S. The minimum Gasteiger partial charge on any atom is -0.434 e. The molecular weight excluding hydrogens is 224 g/mol. The third kappa shape index (κ3) is 2.02. The summed E-state index contributed by atoms with van der Waals surface area (Å²) in [5.41, 5.74) is 0.690. The van der Waals surface area contributed by atoms with E-state index in [1.54, 1.807) is 6.07 Å². The zero-order valence-electron chi connectivity index (χ0n) is 8.51. The van der Waals surface area contributed by atoms with Crippen molar-refractivity contribution < 1.29 is 14.3 Å². The van der Waals surface area contributed by atoms with Gasteiger partial charge in [0.1, 0.15) is 5.25 Å². The van der Waals surface area contributed by atoms with Gasteiger partial charge in [-0.05, 0) is 6.07 Å². The molecule has 1 aliphatic heterocycles. The van der Waals surface area contributed by atoms with Gasteiger partial charge in [-0.15, -0.1) is 11.8 Å². The monoisotopic (exact) mass is 234 g/mol. The first-order chi connectivity index (χ1) is 7.72. The fourth-order valence-corrected chi connectivity index (χ4v) is 2.72.